The van der Waals surface area contributed by atoms with Gasteiger partial charge in [-0.25, -0.2) is 4.90 Å². The lowest BCUT2D eigenvalue weighted by Crippen LogP contribution is -2.39. The first-order valence-electron chi connectivity index (χ1n) is 9.12. The number of nitrogens with zero attached hydrogens (tertiary/aromatic N) is 6. The van der Waals surface area contributed by atoms with Crippen LogP contribution in [0.3, 0.4) is 0 Å². The fourth-order valence-electron chi connectivity index (χ4n) is 3.58. The van der Waals surface area contributed by atoms with Gasteiger partial charge in [0.05, 0.1) is 5.69 Å². The Bertz CT molecular complexity index is 1130. The van der Waals surface area contributed by atoms with Gasteiger partial charge in [-0.05, 0) is 24.6 Å². The summed E-state index contributed by atoms with van der Waals surface area (Å²) in [5.74, 6) is 0.00482. The highest BCUT2D eigenvalue weighted by molar-refractivity contribution is 6.25. The molecule has 2 aliphatic rings. The van der Waals surface area contributed by atoms with Gasteiger partial charge in [0.1, 0.15) is 6.54 Å². The van der Waals surface area contributed by atoms with E-state index in [1.54, 1.807) is 24.3 Å². The minimum atomic E-state index is -0.860. The average molecular weight is 388 g/mol. The number of amides is 2. The summed E-state index contributed by atoms with van der Waals surface area (Å²) >= 11 is 0. The predicted octanol–water partition coefficient (Wildman–Crippen LogP) is 2.54. The van der Waals surface area contributed by atoms with Crippen molar-refractivity contribution in [1.29, 1.82) is 0 Å². The molecule has 2 aromatic carbocycles. The number of aromatic nitrogens is 2. The van der Waals surface area contributed by atoms with Gasteiger partial charge in [0.25, 0.3) is 11.8 Å². The normalized spacial score (nSPS) is 20.6. The first-order valence-corrected chi connectivity index (χ1v) is 9.12. The second-order valence-electron chi connectivity index (χ2n) is 6.87. The molecular weight excluding hydrogens is 372 g/mol. The van der Waals surface area contributed by atoms with E-state index in [2.05, 4.69) is 20.5 Å². The molecule has 0 unspecified atom stereocenters. The van der Waals surface area contributed by atoms with Crippen molar-refractivity contribution in [2.24, 2.45) is 10.3 Å². The molecule has 1 saturated heterocycles. The summed E-state index contributed by atoms with van der Waals surface area (Å²) in [5, 5.41) is 13.5. The van der Waals surface area contributed by atoms with Crippen LogP contribution < -0.4 is 4.90 Å². The van der Waals surface area contributed by atoms with Gasteiger partial charge in [-0.3, -0.25) is 14.6 Å². The highest BCUT2D eigenvalue weighted by atomic mass is 16.5. The maximum Gasteiger partial charge on any atom is 0.263 e. The molecular formula is C20H16N6O3. The predicted molar refractivity (Wildman–Crippen MR) is 101 cm³/mol. The van der Waals surface area contributed by atoms with Crippen LogP contribution in [0.15, 0.2) is 69.5 Å². The zero-order chi connectivity index (χ0) is 20.0. The van der Waals surface area contributed by atoms with Gasteiger partial charge in [0, 0.05) is 5.56 Å². The molecule has 0 N–H and O–H groups in total. The van der Waals surface area contributed by atoms with Crippen molar-refractivity contribution in [3.63, 3.8) is 0 Å². The number of carbonyl (C=O) groups is 2. The summed E-state index contributed by atoms with van der Waals surface area (Å²) in [5.41, 5.74) is 2.41. The molecule has 2 atom stereocenters. The van der Waals surface area contributed by atoms with Gasteiger partial charge < -0.3 is 4.52 Å². The summed E-state index contributed by atoms with van der Waals surface area (Å²) in [7, 11) is 0. The van der Waals surface area contributed by atoms with E-state index >= 15 is 0 Å². The number of benzene rings is 2. The maximum atomic E-state index is 12.9. The number of aryl methyl sites for hydroxylation is 1. The molecule has 3 heterocycles. The SMILES string of the molecule is Cc1ccccc1-c1noc(CN2N=N[C@@H]3C(=O)N(c4ccccc4)C(=O)[C@H]32)n1. The third-order valence-corrected chi connectivity index (χ3v) is 5.02. The molecule has 0 aliphatic carbocycles. The van der Waals surface area contributed by atoms with Crippen molar-refractivity contribution in [1.82, 2.24) is 15.1 Å². The van der Waals surface area contributed by atoms with Crippen molar-refractivity contribution in [3.05, 3.63) is 66.1 Å². The Hall–Kier alpha value is -3.88. The summed E-state index contributed by atoms with van der Waals surface area (Å²) in [6.45, 7) is 2.05. The molecule has 29 heavy (non-hydrogen) atoms. The number of para-hydroxylation sites is 1. The zero-order valence-electron chi connectivity index (χ0n) is 15.5. The average Bonchev–Trinajstić information content (AvgIpc) is 3.42. The Kier molecular flexibility index (Phi) is 3.94. The number of hydrogen-bond donors (Lipinski definition) is 0. The molecule has 2 amide bonds. The lowest BCUT2D eigenvalue weighted by atomic mass is 10.1. The number of anilines is 1. The topological polar surface area (TPSA) is 104 Å². The smallest absolute Gasteiger partial charge is 0.263 e. The van der Waals surface area contributed by atoms with E-state index < -0.39 is 12.1 Å². The molecule has 5 rings (SSSR count). The van der Waals surface area contributed by atoms with Crippen molar-refractivity contribution >= 4 is 17.5 Å². The fourth-order valence-corrected chi connectivity index (χ4v) is 3.58. The molecule has 0 radical (unpaired) electrons. The van der Waals surface area contributed by atoms with Crippen molar-refractivity contribution in [2.45, 2.75) is 25.6 Å². The highest BCUT2D eigenvalue weighted by Crippen LogP contribution is 2.32. The number of fused-ring (bicyclic) bond motifs is 1. The van der Waals surface area contributed by atoms with E-state index in [-0.39, 0.29) is 18.4 Å². The molecule has 0 saturated carbocycles. The molecule has 2 aliphatic heterocycles. The Labute approximate surface area is 165 Å². The molecule has 144 valence electrons. The van der Waals surface area contributed by atoms with Crippen LogP contribution in [0, 0.1) is 6.92 Å². The van der Waals surface area contributed by atoms with Gasteiger partial charge in [-0.2, -0.15) is 10.1 Å². The molecule has 9 heteroatoms. The zero-order valence-corrected chi connectivity index (χ0v) is 15.5. The molecule has 0 spiro atoms. The van der Waals surface area contributed by atoms with Gasteiger partial charge in [-0.15, -0.1) is 0 Å². The number of hydrogen-bond acceptors (Lipinski definition) is 8. The maximum absolute atomic E-state index is 12.9. The van der Waals surface area contributed by atoms with E-state index in [1.807, 2.05) is 37.3 Å². The Balaban J connectivity index is 1.38. The van der Waals surface area contributed by atoms with Crippen LogP contribution in [-0.4, -0.2) is 39.0 Å². The van der Waals surface area contributed by atoms with Crippen molar-refractivity contribution in [3.8, 4) is 11.4 Å². The first-order chi connectivity index (χ1) is 14.1. The standard InChI is InChI=1S/C20H16N6O3/c1-12-7-5-6-10-14(12)18-21-15(29-23-18)11-25-17-16(22-24-25)19(27)26(20(17)28)13-8-3-2-4-9-13/h2-10,16-17H,11H2,1H3/t16-,17-/m0/s1. The van der Waals surface area contributed by atoms with E-state index in [0.29, 0.717) is 17.4 Å². The van der Waals surface area contributed by atoms with Crippen LogP contribution in [0.2, 0.25) is 0 Å². The van der Waals surface area contributed by atoms with Crippen LogP contribution in [0.4, 0.5) is 5.69 Å². The number of carbonyl (C=O) groups excluding carboxylic acids is 2. The second-order valence-corrected chi connectivity index (χ2v) is 6.87. The van der Waals surface area contributed by atoms with Gasteiger partial charge in [0.15, 0.2) is 12.1 Å². The molecule has 3 aromatic rings. The van der Waals surface area contributed by atoms with Gasteiger partial charge >= 0.3 is 0 Å². The summed E-state index contributed by atoms with van der Waals surface area (Å²) in [4.78, 5) is 31.2. The lowest BCUT2D eigenvalue weighted by Gasteiger charge is -2.19. The highest BCUT2D eigenvalue weighted by Gasteiger charge is 2.55. The van der Waals surface area contributed by atoms with Crippen LogP contribution >= 0.6 is 0 Å². The third-order valence-electron chi connectivity index (χ3n) is 5.02. The third kappa shape index (κ3) is 2.78. The molecule has 1 fully saturated rings. The van der Waals surface area contributed by atoms with Crippen molar-refractivity contribution < 1.29 is 14.1 Å². The minimum Gasteiger partial charge on any atom is -0.337 e. The van der Waals surface area contributed by atoms with Gasteiger partial charge in [-0.1, -0.05) is 52.8 Å². The van der Waals surface area contributed by atoms with Crippen LogP contribution in [-0.2, 0) is 16.1 Å². The Morgan fingerprint density at radius 2 is 1.76 bits per heavy atom. The summed E-state index contributed by atoms with van der Waals surface area (Å²) in [6, 6.07) is 14.8. The second kappa shape index (κ2) is 6.62. The largest absolute Gasteiger partial charge is 0.337 e. The number of rotatable bonds is 4. The van der Waals surface area contributed by atoms with Crippen LogP contribution in [0.25, 0.3) is 11.4 Å². The lowest BCUT2D eigenvalue weighted by molar-refractivity contribution is -0.123. The van der Waals surface area contributed by atoms with E-state index in [9.17, 15) is 9.59 Å². The molecule has 0 bridgehead atoms. The molecule has 1 aromatic heterocycles. The Morgan fingerprint density at radius 3 is 2.55 bits per heavy atom. The monoisotopic (exact) mass is 388 g/mol. The summed E-state index contributed by atoms with van der Waals surface area (Å²) in [6.07, 6.45) is 0. The molecule has 9 nitrogen and oxygen atoms in total. The van der Waals surface area contributed by atoms with Crippen LogP contribution in [0.1, 0.15) is 11.5 Å². The van der Waals surface area contributed by atoms with E-state index in [1.165, 1.54) is 5.01 Å². The van der Waals surface area contributed by atoms with Crippen LogP contribution in [0.5, 0.6) is 0 Å². The number of imide groups is 1. The Morgan fingerprint density at radius 1 is 1.00 bits per heavy atom. The van der Waals surface area contributed by atoms with Crippen molar-refractivity contribution in [2.75, 3.05) is 4.90 Å². The first kappa shape index (κ1) is 17.2. The van der Waals surface area contributed by atoms with E-state index in [4.69, 9.17) is 4.52 Å². The van der Waals surface area contributed by atoms with E-state index in [0.717, 1.165) is 16.0 Å². The van der Waals surface area contributed by atoms with Gasteiger partial charge in [0.2, 0.25) is 11.7 Å². The summed E-state index contributed by atoms with van der Waals surface area (Å²) < 4.78 is 5.34. The minimum absolute atomic E-state index is 0.0885. The fraction of sp³-hybridized carbons (Fsp3) is 0.200. The quantitative estimate of drug-likeness (QED) is 0.636.